The number of carboxylic acids is 1. The zero-order valence-corrected chi connectivity index (χ0v) is 13.3. The Hall–Kier alpha value is -1.80. The van der Waals surface area contributed by atoms with Crippen molar-refractivity contribution in [3.8, 4) is 5.75 Å². The van der Waals surface area contributed by atoms with E-state index < -0.39 is 5.97 Å². The van der Waals surface area contributed by atoms with Crippen LogP contribution in [0.5, 0.6) is 5.75 Å². The highest BCUT2D eigenvalue weighted by atomic mass is 79.9. The minimum atomic E-state index is -1.14. The molecule has 0 fully saturated rings. The quantitative estimate of drug-likeness (QED) is 0.615. The molecule has 6 nitrogen and oxygen atoms in total. The molecule has 21 heavy (non-hydrogen) atoms. The summed E-state index contributed by atoms with van der Waals surface area (Å²) in [7, 11) is 0. The van der Waals surface area contributed by atoms with E-state index in [1.807, 2.05) is 6.92 Å². The lowest BCUT2D eigenvalue weighted by atomic mass is 10.2. The molecule has 0 aliphatic heterocycles. The SMILES string of the molecule is CCc1nnc(S/C(=C\c2cc(Br)ccc2O)C(=O)O)o1. The van der Waals surface area contributed by atoms with Crippen LogP contribution in [0, 0.1) is 0 Å². The first-order valence-electron chi connectivity index (χ1n) is 5.93. The molecule has 0 unspecified atom stereocenters. The molecule has 0 amide bonds. The Morgan fingerprint density at radius 3 is 2.86 bits per heavy atom. The van der Waals surface area contributed by atoms with Gasteiger partial charge < -0.3 is 14.6 Å². The second-order valence-electron chi connectivity index (χ2n) is 3.93. The number of thioether (sulfide) groups is 1. The Labute approximate surface area is 133 Å². The van der Waals surface area contributed by atoms with Crippen molar-refractivity contribution >= 4 is 39.7 Å². The Morgan fingerprint density at radius 1 is 1.48 bits per heavy atom. The number of phenolic OH excluding ortho intramolecular Hbond substituents is 1. The summed E-state index contributed by atoms with van der Waals surface area (Å²) < 4.78 is 6.00. The lowest BCUT2D eigenvalue weighted by Crippen LogP contribution is -1.97. The average molecular weight is 371 g/mol. The largest absolute Gasteiger partial charge is 0.507 e. The van der Waals surface area contributed by atoms with Crippen LogP contribution in [0.3, 0.4) is 0 Å². The van der Waals surface area contributed by atoms with Crippen molar-refractivity contribution in [2.24, 2.45) is 0 Å². The minimum absolute atomic E-state index is 0.0164. The maximum absolute atomic E-state index is 11.3. The van der Waals surface area contributed by atoms with Gasteiger partial charge in [0.25, 0.3) is 5.22 Å². The number of phenols is 1. The van der Waals surface area contributed by atoms with Gasteiger partial charge in [0, 0.05) is 16.5 Å². The summed E-state index contributed by atoms with van der Waals surface area (Å²) in [6.45, 7) is 1.86. The molecule has 8 heteroatoms. The van der Waals surface area contributed by atoms with Gasteiger partial charge in [-0.25, -0.2) is 4.79 Å². The molecule has 0 spiro atoms. The fraction of sp³-hybridized carbons (Fsp3) is 0.154. The van der Waals surface area contributed by atoms with Crippen LogP contribution in [0.25, 0.3) is 6.08 Å². The van der Waals surface area contributed by atoms with Crippen molar-refractivity contribution in [2.45, 2.75) is 18.6 Å². The van der Waals surface area contributed by atoms with Crippen molar-refractivity contribution in [1.82, 2.24) is 10.2 Å². The van der Waals surface area contributed by atoms with Gasteiger partial charge in [-0.05, 0) is 36.0 Å². The molecule has 0 aliphatic carbocycles. The molecular weight excluding hydrogens is 360 g/mol. The van der Waals surface area contributed by atoms with Gasteiger partial charge in [-0.1, -0.05) is 22.9 Å². The lowest BCUT2D eigenvalue weighted by Gasteiger charge is -2.02. The summed E-state index contributed by atoms with van der Waals surface area (Å²) in [5, 5.41) is 26.7. The summed E-state index contributed by atoms with van der Waals surface area (Å²) >= 11 is 4.10. The third kappa shape index (κ3) is 4.08. The predicted octanol–water partition coefficient (Wildman–Crippen LogP) is 3.32. The smallest absolute Gasteiger partial charge is 0.342 e. The second-order valence-corrected chi connectivity index (χ2v) is 5.84. The summed E-state index contributed by atoms with van der Waals surface area (Å²) in [4.78, 5) is 11.3. The van der Waals surface area contributed by atoms with Crippen molar-refractivity contribution in [3.05, 3.63) is 39.0 Å². The van der Waals surface area contributed by atoms with Crippen LogP contribution < -0.4 is 0 Å². The molecule has 1 aromatic carbocycles. The van der Waals surface area contributed by atoms with Crippen molar-refractivity contribution in [2.75, 3.05) is 0 Å². The van der Waals surface area contributed by atoms with Gasteiger partial charge in [0.2, 0.25) is 5.89 Å². The molecule has 0 bridgehead atoms. The van der Waals surface area contributed by atoms with Gasteiger partial charge in [0.15, 0.2) is 0 Å². The molecular formula is C13H11BrN2O4S. The number of aryl methyl sites for hydroxylation is 1. The maximum atomic E-state index is 11.3. The zero-order valence-electron chi connectivity index (χ0n) is 10.9. The average Bonchev–Trinajstić information content (AvgIpc) is 2.89. The standard InChI is InChI=1S/C13H11BrN2O4S/c1-2-11-15-16-13(20-11)21-10(12(18)19)6-7-5-8(14)3-4-9(7)17/h3-6,17H,2H2,1H3,(H,18,19)/b10-6-. The number of aromatic hydroxyl groups is 1. The number of carboxylic acid groups (broad SMARTS) is 1. The number of halogens is 1. The molecule has 0 saturated carbocycles. The Balaban J connectivity index is 2.32. The van der Waals surface area contributed by atoms with Crippen molar-refractivity contribution in [3.63, 3.8) is 0 Å². The minimum Gasteiger partial charge on any atom is -0.507 e. The van der Waals surface area contributed by atoms with E-state index in [-0.39, 0.29) is 15.9 Å². The van der Waals surface area contributed by atoms with Gasteiger partial charge in [-0.15, -0.1) is 10.2 Å². The lowest BCUT2D eigenvalue weighted by molar-refractivity contribution is -0.131. The molecule has 0 aliphatic rings. The summed E-state index contributed by atoms with van der Waals surface area (Å²) in [5.41, 5.74) is 0.379. The van der Waals surface area contributed by atoms with E-state index >= 15 is 0 Å². The van der Waals surface area contributed by atoms with E-state index in [1.165, 1.54) is 12.1 Å². The Morgan fingerprint density at radius 2 is 2.24 bits per heavy atom. The Kier molecular flexibility index (Phi) is 5.03. The number of aliphatic carboxylic acids is 1. The molecule has 0 radical (unpaired) electrons. The van der Waals surface area contributed by atoms with E-state index in [9.17, 15) is 15.0 Å². The van der Waals surface area contributed by atoms with Gasteiger partial charge in [-0.3, -0.25) is 0 Å². The first-order valence-corrected chi connectivity index (χ1v) is 7.54. The third-order valence-corrected chi connectivity index (χ3v) is 3.78. The topological polar surface area (TPSA) is 96.5 Å². The van der Waals surface area contributed by atoms with Gasteiger partial charge in [0.05, 0.1) is 0 Å². The molecule has 0 atom stereocenters. The molecule has 1 heterocycles. The Bertz CT molecular complexity index is 699. The highest BCUT2D eigenvalue weighted by Gasteiger charge is 2.15. The third-order valence-electron chi connectivity index (χ3n) is 2.43. The predicted molar refractivity (Wildman–Crippen MR) is 81.0 cm³/mol. The van der Waals surface area contributed by atoms with Crippen LogP contribution in [0.15, 0.2) is 37.2 Å². The number of carbonyl (C=O) groups is 1. The monoisotopic (exact) mass is 370 g/mol. The fourth-order valence-corrected chi connectivity index (χ4v) is 2.49. The van der Waals surface area contributed by atoms with Crippen LogP contribution in [0.1, 0.15) is 18.4 Å². The van der Waals surface area contributed by atoms with Crippen LogP contribution in [0.4, 0.5) is 0 Å². The number of rotatable bonds is 5. The normalized spacial score (nSPS) is 11.6. The molecule has 110 valence electrons. The van der Waals surface area contributed by atoms with Crippen LogP contribution in [0.2, 0.25) is 0 Å². The number of benzene rings is 1. The maximum Gasteiger partial charge on any atom is 0.342 e. The molecule has 2 aromatic rings. The van der Waals surface area contributed by atoms with Gasteiger partial charge in [-0.2, -0.15) is 0 Å². The number of aromatic nitrogens is 2. The second kappa shape index (κ2) is 6.77. The summed E-state index contributed by atoms with van der Waals surface area (Å²) in [6.07, 6.45) is 1.93. The molecule has 2 N–H and O–H groups in total. The zero-order chi connectivity index (χ0) is 15.4. The van der Waals surface area contributed by atoms with E-state index in [0.717, 1.165) is 16.2 Å². The van der Waals surface area contributed by atoms with Crippen LogP contribution in [-0.2, 0) is 11.2 Å². The van der Waals surface area contributed by atoms with Gasteiger partial charge in [0.1, 0.15) is 10.7 Å². The first kappa shape index (κ1) is 15.6. The highest BCUT2D eigenvalue weighted by Crippen LogP contribution is 2.31. The van der Waals surface area contributed by atoms with Crippen molar-refractivity contribution < 1.29 is 19.4 Å². The fourth-order valence-electron chi connectivity index (χ4n) is 1.43. The van der Waals surface area contributed by atoms with E-state index in [0.29, 0.717) is 17.9 Å². The summed E-state index contributed by atoms with van der Waals surface area (Å²) in [6, 6.07) is 4.75. The highest BCUT2D eigenvalue weighted by molar-refractivity contribution is 9.10. The summed E-state index contributed by atoms with van der Waals surface area (Å²) in [5.74, 6) is -0.722. The van der Waals surface area contributed by atoms with Crippen LogP contribution >= 0.6 is 27.7 Å². The molecule has 1 aromatic heterocycles. The molecule has 2 rings (SSSR count). The van der Waals surface area contributed by atoms with E-state index in [1.54, 1.807) is 12.1 Å². The van der Waals surface area contributed by atoms with Crippen molar-refractivity contribution in [1.29, 1.82) is 0 Å². The molecule has 0 saturated heterocycles. The van der Waals surface area contributed by atoms with Gasteiger partial charge >= 0.3 is 5.97 Å². The number of nitrogens with zero attached hydrogens (tertiary/aromatic N) is 2. The van der Waals surface area contributed by atoms with Crippen LogP contribution in [-0.4, -0.2) is 26.4 Å². The van der Waals surface area contributed by atoms with E-state index in [2.05, 4.69) is 26.1 Å². The number of hydrogen-bond acceptors (Lipinski definition) is 6. The first-order chi connectivity index (χ1) is 9.99. The van der Waals surface area contributed by atoms with E-state index in [4.69, 9.17) is 4.42 Å². The number of hydrogen-bond donors (Lipinski definition) is 2.